The van der Waals surface area contributed by atoms with Gasteiger partial charge >= 0.3 is 0 Å². The number of piperazine rings is 1. The summed E-state index contributed by atoms with van der Waals surface area (Å²) >= 11 is 0. The predicted octanol–water partition coefficient (Wildman–Crippen LogP) is 6.22. The molecule has 1 aromatic heterocycles. The Balaban J connectivity index is 1.32. The Bertz CT molecular complexity index is 1220. The van der Waals surface area contributed by atoms with Gasteiger partial charge in [-0.05, 0) is 66.6 Å². The first kappa shape index (κ1) is 26.9. The molecule has 3 aromatic rings. The maximum atomic E-state index is 5.59. The van der Waals surface area contributed by atoms with Crippen LogP contribution in [0.2, 0.25) is 0 Å². The molecule has 0 atom stereocenters. The Morgan fingerprint density at radius 1 is 0.842 bits per heavy atom. The summed E-state index contributed by atoms with van der Waals surface area (Å²) in [5.41, 5.74) is 6.19. The molecular weight excluding hydrogens is 472 g/mol. The molecule has 0 amide bonds. The van der Waals surface area contributed by atoms with E-state index in [1.807, 2.05) is 6.07 Å². The first-order valence-electron chi connectivity index (χ1n) is 14.5. The molecule has 5 rings (SSSR count). The normalized spacial score (nSPS) is 18.2. The van der Waals surface area contributed by atoms with Gasteiger partial charge in [-0.25, -0.2) is 0 Å². The lowest BCUT2D eigenvalue weighted by molar-refractivity contribution is 0.0789. The van der Waals surface area contributed by atoms with Gasteiger partial charge in [-0.3, -0.25) is 4.90 Å². The fourth-order valence-corrected chi connectivity index (χ4v) is 6.53. The van der Waals surface area contributed by atoms with E-state index in [4.69, 9.17) is 9.47 Å². The smallest absolute Gasteiger partial charge is 0.161 e. The number of fused-ring (bicyclic) bond motifs is 1. The fraction of sp³-hybridized carbons (Fsp3) is 0.562. The number of hydrogen-bond donors (Lipinski definition) is 1. The first-order valence-corrected chi connectivity index (χ1v) is 14.5. The van der Waals surface area contributed by atoms with E-state index in [2.05, 4.69) is 77.7 Å². The van der Waals surface area contributed by atoms with E-state index in [9.17, 15) is 0 Å². The Labute approximate surface area is 228 Å². The maximum Gasteiger partial charge on any atom is 0.161 e. The van der Waals surface area contributed by atoms with E-state index in [1.54, 1.807) is 14.2 Å². The number of benzene rings is 2. The number of anilines is 1. The molecule has 0 saturated carbocycles. The zero-order chi connectivity index (χ0) is 26.8. The molecule has 0 bridgehead atoms. The van der Waals surface area contributed by atoms with E-state index >= 15 is 0 Å². The number of hydrogen-bond acceptors (Lipinski definition) is 5. The quantitative estimate of drug-likeness (QED) is 0.384. The molecule has 0 spiro atoms. The van der Waals surface area contributed by atoms with E-state index in [1.165, 1.54) is 73.4 Å². The van der Waals surface area contributed by atoms with Gasteiger partial charge in [-0.1, -0.05) is 27.7 Å². The van der Waals surface area contributed by atoms with E-state index in [-0.39, 0.29) is 0 Å². The van der Waals surface area contributed by atoms with Gasteiger partial charge < -0.3 is 24.3 Å². The van der Waals surface area contributed by atoms with Crippen molar-refractivity contribution in [1.82, 2.24) is 14.8 Å². The van der Waals surface area contributed by atoms with E-state index in [0.29, 0.717) is 5.92 Å². The summed E-state index contributed by atoms with van der Waals surface area (Å²) in [6.07, 6.45) is 2.51. The molecule has 0 aliphatic carbocycles. The number of ether oxygens (including phenoxy) is 2. The largest absolute Gasteiger partial charge is 0.493 e. The number of rotatable bonds is 8. The Hall–Kier alpha value is -2.70. The molecule has 38 heavy (non-hydrogen) atoms. The van der Waals surface area contributed by atoms with Crippen LogP contribution in [0, 0.1) is 5.92 Å². The minimum Gasteiger partial charge on any atom is -0.493 e. The highest BCUT2D eigenvalue weighted by molar-refractivity contribution is 5.93. The van der Waals surface area contributed by atoms with Crippen molar-refractivity contribution < 1.29 is 9.47 Å². The fourth-order valence-electron chi connectivity index (χ4n) is 6.53. The summed E-state index contributed by atoms with van der Waals surface area (Å²) in [7, 11) is 3.37. The van der Waals surface area contributed by atoms with Crippen LogP contribution in [0.1, 0.15) is 52.0 Å². The van der Waals surface area contributed by atoms with Crippen LogP contribution in [0.15, 0.2) is 36.4 Å². The molecule has 0 radical (unpaired) electrons. The van der Waals surface area contributed by atoms with Crippen molar-refractivity contribution in [3.63, 3.8) is 0 Å². The van der Waals surface area contributed by atoms with E-state index < -0.39 is 0 Å². The molecule has 206 valence electrons. The van der Waals surface area contributed by atoms with Crippen molar-refractivity contribution in [2.45, 2.75) is 52.5 Å². The van der Waals surface area contributed by atoms with Gasteiger partial charge in [0, 0.05) is 74.0 Å². The van der Waals surface area contributed by atoms with Crippen LogP contribution in [0.3, 0.4) is 0 Å². The summed E-state index contributed by atoms with van der Waals surface area (Å²) in [6, 6.07) is 13.9. The average Bonchev–Trinajstić information content (AvgIpc) is 3.32. The minimum absolute atomic E-state index is 0.391. The number of piperidine rings is 1. The topological polar surface area (TPSA) is 44.0 Å². The maximum absolute atomic E-state index is 5.59. The monoisotopic (exact) mass is 518 g/mol. The number of H-pyrrole nitrogens is 1. The Morgan fingerprint density at radius 3 is 2.18 bits per heavy atom. The van der Waals surface area contributed by atoms with Crippen molar-refractivity contribution in [3.8, 4) is 22.8 Å². The molecule has 1 N–H and O–H groups in total. The van der Waals surface area contributed by atoms with Crippen molar-refractivity contribution in [2.75, 3.05) is 64.9 Å². The second-order valence-electron chi connectivity index (χ2n) is 11.8. The van der Waals surface area contributed by atoms with Crippen LogP contribution in [-0.2, 0) is 0 Å². The van der Waals surface area contributed by atoms with Crippen molar-refractivity contribution in [3.05, 3.63) is 42.0 Å². The van der Waals surface area contributed by atoms with Crippen molar-refractivity contribution in [1.29, 1.82) is 0 Å². The zero-order valence-corrected chi connectivity index (χ0v) is 24.2. The van der Waals surface area contributed by atoms with E-state index in [0.717, 1.165) is 42.1 Å². The average molecular weight is 519 g/mol. The molecule has 3 heterocycles. The van der Waals surface area contributed by atoms with Gasteiger partial charge in [-0.15, -0.1) is 0 Å². The van der Waals surface area contributed by atoms with Crippen LogP contribution in [0.5, 0.6) is 11.5 Å². The number of methoxy groups -OCH3 is 2. The predicted molar refractivity (Wildman–Crippen MR) is 159 cm³/mol. The Kier molecular flexibility index (Phi) is 8.20. The number of nitrogens with zero attached hydrogens (tertiary/aromatic N) is 3. The molecule has 0 unspecified atom stereocenters. The summed E-state index contributed by atoms with van der Waals surface area (Å²) in [4.78, 5) is 11.7. The summed E-state index contributed by atoms with van der Waals surface area (Å²) < 4.78 is 11.1. The Morgan fingerprint density at radius 2 is 1.55 bits per heavy atom. The molecule has 2 fully saturated rings. The third-order valence-electron chi connectivity index (χ3n) is 8.45. The van der Waals surface area contributed by atoms with Crippen LogP contribution < -0.4 is 14.4 Å². The molecule has 6 nitrogen and oxygen atoms in total. The van der Waals surface area contributed by atoms with Crippen molar-refractivity contribution in [2.24, 2.45) is 5.92 Å². The van der Waals surface area contributed by atoms with Crippen molar-refractivity contribution >= 4 is 16.6 Å². The highest BCUT2D eigenvalue weighted by Crippen LogP contribution is 2.40. The van der Waals surface area contributed by atoms with Gasteiger partial charge in [0.15, 0.2) is 11.5 Å². The zero-order valence-electron chi connectivity index (χ0n) is 24.2. The highest BCUT2D eigenvalue weighted by atomic mass is 16.5. The van der Waals surface area contributed by atoms with Gasteiger partial charge in [0.2, 0.25) is 0 Å². The molecular formula is C32H46N4O2. The van der Waals surface area contributed by atoms with Crippen LogP contribution in [-0.4, -0.2) is 80.9 Å². The van der Waals surface area contributed by atoms with Crippen LogP contribution in [0.4, 0.5) is 5.69 Å². The standard InChI is InChI=1S/C32H46N4O2/c1-22(2)21-34-15-17-36(18-16-34)25-11-13-35(14-12-25)26-8-9-28-27(20-26)31(23(3)4)32(33-28)24-7-10-29(37-5)30(19-24)38-6/h7-10,19-20,22-23,25,33H,11-18,21H2,1-6H3. The van der Waals surface area contributed by atoms with Gasteiger partial charge in [0.05, 0.1) is 19.9 Å². The molecule has 6 heteroatoms. The summed E-state index contributed by atoms with van der Waals surface area (Å²) in [5, 5.41) is 1.32. The SMILES string of the molecule is COc1ccc(-c2[nH]c3ccc(N4CCC(N5CCN(CC(C)C)CC5)CC4)cc3c2C(C)C)cc1OC. The summed E-state index contributed by atoms with van der Waals surface area (Å²) in [5.74, 6) is 2.65. The lowest BCUT2D eigenvalue weighted by atomic mass is 9.95. The third kappa shape index (κ3) is 5.52. The van der Waals surface area contributed by atoms with Gasteiger partial charge in [0.25, 0.3) is 0 Å². The number of nitrogens with one attached hydrogen (secondary N) is 1. The second kappa shape index (κ2) is 11.6. The number of aromatic nitrogens is 1. The van der Waals surface area contributed by atoms with Crippen LogP contribution >= 0.6 is 0 Å². The molecule has 2 aromatic carbocycles. The van der Waals surface area contributed by atoms with Gasteiger partial charge in [-0.2, -0.15) is 0 Å². The summed E-state index contributed by atoms with van der Waals surface area (Å²) in [6.45, 7) is 17.6. The lowest BCUT2D eigenvalue weighted by Crippen LogP contribution is -2.53. The van der Waals surface area contributed by atoms with Crippen LogP contribution in [0.25, 0.3) is 22.2 Å². The molecule has 2 aliphatic heterocycles. The third-order valence-corrected chi connectivity index (χ3v) is 8.45. The molecule has 2 aliphatic rings. The van der Waals surface area contributed by atoms with Gasteiger partial charge in [0.1, 0.15) is 0 Å². The number of aromatic amines is 1. The minimum atomic E-state index is 0.391. The second-order valence-corrected chi connectivity index (χ2v) is 11.8. The lowest BCUT2D eigenvalue weighted by Gasteiger charge is -2.43. The highest BCUT2D eigenvalue weighted by Gasteiger charge is 2.28. The first-order chi connectivity index (χ1) is 18.4. The molecule has 2 saturated heterocycles.